The summed E-state index contributed by atoms with van der Waals surface area (Å²) in [6.07, 6.45) is 4.30. The zero-order valence-corrected chi connectivity index (χ0v) is 16.1. The van der Waals surface area contributed by atoms with Crippen molar-refractivity contribution in [1.29, 1.82) is 0 Å². The molecule has 26 heavy (non-hydrogen) atoms. The molecule has 1 amide bonds. The lowest BCUT2D eigenvalue weighted by molar-refractivity contribution is 0.0654. The fourth-order valence-electron chi connectivity index (χ4n) is 3.02. The molecule has 3 rings (SSSR count). The molecule has 2 aromatic heterocycles. The molecule has 1 saturated heterocycles. The van der Waals surface area contributed by atoms with Crippen molar-refractivity contribution in [3.8, 4) is 0 Å². The van der Waals surface area contributed by atoms with Gasteiger partial charge in [0.05, 0.1) is 29.4 Å². The van der Waals surface area contributed by atoms with Crippen molar-refractivity contribution in [3.63, 3.8) is 0 Å². The topological polar surface area (TPSA) is 98.3 Å². The lowest BCUT2D eigenvalue weighted by atomic mass is 10.1. The predicted octanol–water partition coefficient (Wildman–Crippen LogP) is 2.02. The Morgan fingerprint density at radius 1 is 1.42 bits per heavy atom. The molecule has 0 saturated carbocycles. The molecule has 0 aromatic carbocycles. The van der Waals surface area contributed by atoms with Crippen molar-refractivity contribution in [1.82, 2.24) is 19.8 Å². The lowest BCUT2D eigenvalue weighted by Crippen LogP contribution is -2.46. The fraction of sp³-hybridized carbons (Fsp3) is 0.588. The second-order valence-corrected chi connectivity index (χ2v) is 8.91. The Balaban J connectivity index is 1.90. The first kappa shape index (κ1) is 18.6. The number of carbonyl (C=O) groups is 1. The van der Waals surface area contributed by atoms with Gasteiger partial charge >= 0.3 is 0 Å². The minimum Gasteiger partial charge on any atom is -0.351 e. The van der Waals surface area contributed by atoms with Crippen LogP contribution in [0.2, 0.25) is 0 Å². The van der Waals surface area contributed by atoms with E-state index in [-0.39, 0.29) is 35.6 Å². The van der Waals surface area contributed by atoms with Crippen LogP contribution in [-0.4, -0.2) is 52.2 Å². The maximum Gasteiger partial charge on any atom is 0.293 e. The van der Waals surface area contributed by atoms with Crippen LogP contribution >= 0.6 is 0 Å². The molecule has 8 nitrogen and oxygen atoms in total. The zero-order valence-electron chi connectivity index (χ0n) is 15.3. The van der Waals surface area contributed by atoms with Gasteiger partial charge in [-0.25, -0.2) is 8.42 Å². The summed E-state index contributed by atoms with van der Waals surface area (Å²) in [6, 6.07) is 1.09. The van der Waals surface area contributed by atoms with Crippen molar-refractivity contribution in [2.45, 2.75) is 45.7 Å². The second-order valence-electron chi connectivity index (χ2n) is 6.68. The Morgan fingerprint density at radius 2 is 2.19 bits per heavy atom. The number of carbonyl (C=O) groups excluding carboxylic acids is 1. The molecule has 1 aliphatic heterocycles. The average Bonchev–Trinajstić information content (AvgIpc) is 3.29. The molecule has 3 heterocycles. The van der Waals surface area contributed by atoms with Gasteiger partial charge in [-0.05, 0) is 13.3 Å². The van der Waals surface area contributed by atoms with E-state index in [0.717, 1.165) is 12.1 Å². The maximum absolute atomic E-state index is 13.0. The van der Waals surface area contributed by atoms with Crippen molar-refractivity contribution < 1.29 is 17.7 Å². The SMILES string of the molecule is CCC(C)c1cc(C(=O)N2CCS(=O)(=O)CC2c2cnn(CC)c2)on1. The van der Waals surface area contributed by atoms with Crippen LogP contribution in [0.1, 0.15) is 61.0 Å². The molecule has 0 N–H and O–H groups in total. The van der Waals surface area contributed by atoms with Crippen LogP contribution in [0, 0.1) is 0 Å². The van der Waals surface area contributed by atoms with Gasteiger partial charge in [0, 0.05) is 36.8 Å². The molecule has 2 aromatic rings. The number of hydrogen-bond donors (Lipinski definition) is 0. The summed E-state index contributed by atoms with van der Waals surface area (Å²) < 4.78 is 31.3. The third-order valence-electron chi connectivity index (χ3n) is 4.91. The number of aryl methyl sites for hydroxylation is 1. The number of hydrogen-bond acceptors (Lipinski definition) is 6. The van der Waals surface area contributed by atoms with Crippen molar-refractivity contribution in [2.24, 2.45) is 0 Å². The van der Waals surface area contributed by atoms with Gasteiger partial charge in [0.15, 0.2) is 9.84 Å². The fourth-order valence-corrected chi connectivity index (χ4v) is 4.52. The van der Waals surface area contributed by atoms with Gasteiger partial charge in [0.25, 0.3) is 5.91 Å². The highest BCUT2D eigenvalue weighted by Crippen LogP contribution is 2.29. The van der Waals surface area contributed by atoms with Gasteiger partial charge < -0.3 is 9.42 Å². The van der Waals surface area contributed by atoms with Crippen LogP contribution < -0.4 is 0 Å². The number of rotatable bonds is 5. The zero-order chi connectivity index (χ0) is 18.9. The summed E-state index contributed by atoms with van der Waals surface area (Å²) in [5.74, 6) is -0.159. The molecule has 0 bridgehead atoms. The Kier molecular flexibility index (Phi) is 5.17. The molecule has 0 aliphatic carbocycles. The number of aromatic nitrogens is 3. The maximum atomic E-state index is 13.0. The van der Waals surface area contributed by atoms with E-state index in [0.29, 0.717) is 12.1 Å². The Labute approximate surface area is 153 Å². The van der Waals surface area contributed by atoms with Crippen LogP contribution in [0.25, 0.3) is 0 Å². The van der Waals surface area contributed by atoms with Crippen LogP contribution in [-0.2, 0) is 16.4 Å². The summed E-state index contributed by atoms with van der Waals surface area (Å²) in [6.45, 7) is 6.80. The smallest absolute Gasteiger partial charge is 0.293 e. The van der Waals surface area contributed by atoms with E-state index in [9.17, 15) is 13.2 Å². The molecular weight excluding hydrogens is 356 g/mol. The molecule has 142 valence electrons. The molecule has 9 heteroatoms. The second kappa shape index (κ2) is 7.22. The molecule has 2 unspecified atom stereocenters. The standard InChI is InChI=1S/C17H24N4O4S/c1-4-12(3)14-8-16(25-19-14)17(22)21-6-7-26(23,24)11-15(21)13-9-18-20(5-2)10-13/h8-10,12,15H,4-7,11H2,1-3H3. The van der Waals surface area contributed by atoms with E-state index in [4.69, 9.17) is 4.52 Å². The van der Waals surface area contributed by atoms with E-state index in [1.807, 2.05) is 20.8 Å². The molecule has 0 spiro atoms. The van der Waals surface area contributed by atoms with Gasteiger partial charge in [-0.3, -0.25) is 9.48 Å². The first-order chi connectivity index (χ1) is 12.3. The van der Waals surface area contributed by atoms with Gasteiger partial charge in [-0.15, -0.1) is 0 Å². The van der Waals surface area contributed by atoms with Crippen molar-refractivity contribution in [2.75, 3.05) is 18.1 Å². The molecular formula is C17H24N4O4S. The van der Waals surface area contributed by atoms with E-state index >= 15 is 0 Å². The summed E-state index contributed by atoms with van der Waals surface area (Å²) in [7, 11) is -3.22. The molecule has 0 radical (unpaired) electrons. The monoisotopic (exact) mass is 380 g/mol. The number of amides is 1. The Bertz CT molecular complexity index is 886. The van der Waals surface area contributed by atoms with Crippen LogP contribution in [0.15, 0.2) is 23.0 Å². The normalized spacial score (nSPS) is 20.9. The summed E-state index contributed by atoms with van der Waals surface area (Å²) in [5.41, 5.74) is 1.45. The van der Waals surface area contributed by atoms with E-state index in [1.165, 1.54) is 0 Å². The molecule has 1 fully saturated rings. The van der Waals surface area contributed by atoms with Gasteiger partial charge in [-0.1, -0.05) is 19.0 Å². The summed E-state index contributed by atoms with van der Waals surface area (Å²) >= 11 is 0. The van der Waals surface area contributed by atoms with Crippen LogP contribution in [0.4, 0.5) is 0 Å². The largest absolute Gasteiger partial charge is 0.351 e. The summed E-state index contributed by atoms with van der Waals surface area (Å²) in [4.78, 5) is 14.5. The number of sulfone groups is 1. The van der Waals surface area contributed by atoms with Crippen molar-refractivity contribution in [3.05, 3.63) is 35.5 Å². The molecule has 2 atom stereocenters. The molecule has 1 aliphatic rings. The third kappa shape index (κ3) is 3.67. The number of nitrogens with zero attached hydrogens (tertiary/aromatic N) is 4. The van der Waals surface area contributed by atoms with Crippen LogP contribution in [0.5, 0.6) is 0 Å². The highest BCUT2D eigenvalue weighted by Gasteiger charge is 2.37. The van der Waals surface area contributed by atoms with E-state index in [2.05, 4.69) is 10.3 Å². The van der Waals surface area contributed by atoms with Gasteiger partial charge in [0.2, 0.25) is 5.76 Å². The van der Waals surface area contributed by atoms with E-state index < -0.39 is 15.9 Å². The Morgan fingerprint density at radius 3 is 2.85 bits per heavy atom. The van der Waals surface area contributed by atoms with Gasteiger partial charge in [-0.2, -0.15) is 5.10 Å². The average molecular weight is 380 g/mol. The first-order valence-electron chi connectivity index (χ1n) is 8.85. The quantitative estimate of drug-likeness (QED) is 0.787. The minimum atomic E-state index is -3.22. The summed E-state index contributed by atoms with van der Waals surface area (Å²) in [5, 5.41) is 8.20. The third-order valence-corrected chi connectivity index (χ3v) is 6.54. The lowest BCUT2D eigenvalue weighted by Gasteiger charge is -2.34. The highest BCUT2D eigenvalue weighted by molar-refractivity contribution is 7.91. The van der Waals surface area contributed by atoms with E-state index in [1.54, 1.807) is 28.0 Å². The van der Waals surface area contributed by atoms with Gasteiger partial charge in [0.1, 0.15) is 0 Å². The minimum absolute atomic E-state index is 0.0521. The van der Waals surface area contributed by atoms with Crippen molar-refractivity contribution >= 4 is 15.7 Å². The predicted molar refractivity (Wildman–Crippen MR) is 95.5 cm³/mol. The van der Waals surface area contributed by atoms with Crippen LogP contribution in [0.3, 0.4) is 0 Å². The first-order valence-corrected chi connectivity index (χ1v) is 10.7. The highest BCUT2D eigenvalue weighted by atomic mass is 32.2. The Hall–Kier alpha value is -2.16.